The lowest BCUT2D eigenvalue weighted by Gasteiger charge is -2.46. The molecule has 4 rings (SSSR count). The summed E-state index contributed by atoms with van der Waals surface area (Å²) < 4.78 is 35.7. The normalized spacial score (nSPS) is 47.6. The van der Waals surface area contributed by atoms with Gasteiger partial charge >= 0.3 is 0 Å². The van der Waals surface area contributed by atoms with Crippen LogP contribution in [0.3, 0.4) is 0 Å². The summed E-state index contributed by atoms with van der Waals surface area (Å²) in [5.41, 5.74) is 35.8. The molecule has 0 aromatic carbocycles. The molecular formula is C27H52N6O12. The first-order valence-corrected chi connectivity index (χ1v) is 15.6. The average Bonchev–Trinajstić information content (AvgIpc) is 3.31. The van der Waals surface area contributed by atoms with Crippen molar-refractivity contribution in [3.05, 3.63) is 0 Å². The molecule has 3 heterocycles. The highest BCUT2D eigenvalue weighted by atomic mass is 16.8. The zero-order chi connectivity index (χ0) is 33.0. The summed E-state index contributed by atoms with van der Waals surface area (Å²) >= 11 is 0. The molecule has 3 aliphatic heterocycles. The zero-order valence-corrected chi connectivity index (χ0v) is 25.2. The van der Waals surface area contributed by atoms with Crippen molar-refractivity contribution < 1.29 is 58.7 Å². The molecule has 0 aromatic heterocycles. The van der Waals surface area contributed by atoms with Gasteiger partial charge in [-0.25, -0.2) is 0 Å². The lowest BCUT2D eigenvalue weighted by atomic mass is 9.77. The molecule has 45 heavy (non-hydrogen) atoms. The fourth-order valence-electron chi connectivity index (χ4n) is 6.47. The average molecular weight is 653 g/mol. The zero-order valence-electron chi connectivity index (χ0n) is 25.2. The molecule has 0 spiro atoms. The van der Waals surface area contributed by atoms with Crippen molar-refractivity contribution in [2.24, 2.45) is 40.3 Å². The smallest absolute Gasteiger partial charge is 0.187 e. The van der Waals surface area contributed by atoms with Crippen LogP contribution in [0.25, 0.3) is 0 Å². The van der Waals surface area contributed by atoms with Gasteiger partial charge in [0.1, 0.15) is 54.6 Å². The molecule has 262 valence electrons. The Bertz CT molecular complexity index is 943. The Kier molecular flexibility index (Phi) is 13.4. The van der Waals surface area contributed by atoms with Crippen LogP contribution in [0.2, 0.25) is 0 Å². The third-order valence-corrected chi connectivity index (χ3v) is 9.14. The van der Waals surface area contributed by atoms with Crippen LogP contribution in [0.15, 0.2) is 0 Å². The van der Waals surface area contributed by atoms with Gasteiger partial charge in [-0.05, 0) is 31.7 Å². The molecule has 0 radical (unpaired) electrons. The first-order valence-electron chi connectivity index (χ1n) is 15.6. The highest BCUT2D eigenvalue weighted by molar-refractivity contribution is 5.78. The van der Waals surface area contributed by atoms with Crippen LogP contribution < -0.4 is 34.4 Å². The van der Waals surface area contributed by atoms with Crippen molar-refractivity contribution >= 4 is 5.78 Å². The number of Topliss-reactive ketones (excluding diaryl/α,β-unsaturated/α-hetero) is 1. The third kappa shape index (κ3) is 8.35. The van der Waals surface area contributed by atoms with Crippen molar-refractivity contribution in [3.8, 4) is 0 Å². The van der Waals surface area contributed by atoms with Crippen LogP contribution in [0.1, 0.15) is 32.1 Å². The fourth-order valence-corrected chi connectivity index (χ4v) is 6.47. The molecular weight excluding hydrogens is 600 g/mol. The van der Waals surface area contributed by atoms with Crippen LogP contribution in [0.5, 0.6) is 0 Å². The van der Waals surface area contributed by atoms with E-state index < -0.39 is 104 Å². The summed E-state index contributed by atoms with van der Waals surface area (Å²) in [4.78, 5) is 12.5. The Labute approximate surface area is 261 Å². The van der Waals surface area contributed by atoms with E-state index >= 15 is 0 Å². The van der Waals surface area contributed by atoms with Crippen LogP contribution >= 0.6 is 0 Å². The molecule has 0 aromatic rings. The van der Waals surface area contributed by atoms with Gasteiger partial charge < -0.3 is 88.4 Å². The van der Waals surface area contributed by atoms with E-state index in [9.17, 15) is 30.3 Å². The molecule has 0 amide bonds. The number of carbonyl (C=O) groups excluding carboxylic acids is 1. The van der Waals surface area contributed by atoms with E-state index in [1.54, 1.807) is 0 Å². The molecule has 17 atom stereocenters. The Balaban J connectivity index is 1.53. The molecule has 18 nitrogen and oxygen atoms in total. The maximum absolute atomic E-state index is 12.5. The maximum Gasteiger partial charge on any atom is 0.187 e. The molecule has 1 saturated carbocycles. The van der Waals surface area contributed by atoms with Gasteiger partial charge in [-0.15, -0.1) is 0 Å². The van der Waals surface area contributed by atoms with Crippen molar-refractivity contribution in [1.82, 2.24) is 0 Å². The van der Waals surface area contributed by atoms with Crippen LogP contribution in [0, 0.1) is 5.92 Å². The summed E-state index contributed by atoms with van der Waals surface area (Å²) in [5.74, 6) is -0.788. The van der Waals surface area contributed by atoms with Gasteiger partial charge in [-0.3, -0.25) is 4.79 Å². The first kappa shape index (κ1) is 36.8. The lowest BCUT2D eigenvalue weighted by molar-refractivity contribution is -0.292. The number of ketones is 1. The number of rotatable bonds is 13. The quantitative estimate of drug-likeness (QED) is 0.0881. The maximum atomic E-state index is 12.5. The van der Waals surface area contributed by atoms with Crippen molar-refractivity contribution in [2.45, 2.75) is 130 Å². The molecule has 3 saturated heterocycles. The van der Waals surface area contributed by atoms with Crippen LogP contribution in [0.4, 0.5) is 0 Å². The second-order valence-corrected chi connectivity index (χ2v) is 12.4. The lowest BCUT2D eigenvalue weighted by Crippen LogP contribution is -2.64. The number of hydrogen-bond acceptors (Lipinski definition) is 18. The molecule has 4 aliphatic rings. The van der Waals surface area contributed by atoms with E-state index in [4.69, 9.17) is 62.8 Å². The van der Waals surface area contributed by atoms with Gasteiger partial charge in [0.05, 0.1) is 30.9 Å². The summed E-state index contributed by atoms with van der Waals surface area (Å²) in [7, 11) is 0. The van der Waals surface area contributed by atoms with Crippen molar-refractivity contribution in [3.63, 3.8) is 0 Å². The highest BCUT2D eigenvalue weighted by Crippen LogP contribution is 2.37. The Morgan fingerprint density at radius 3 is 2.02 bits per heavy atom. The van der Waals surface area contributed by atoms with E-state index in [2.05, 4.69) is 0 Å². The number of aliphatic hydroxyl groups excluding tert-OH is 5. The van der Waals surface area contributed by atoms with Gasteiger partial charge in [-0.1, -0.05) is 0 Å². The first-order chi connectivity index (χ1) is 21.4. The standard InChI is InChI=1S/C27H52N6O12/c28-4-3-11(35)5-10-6-14(32)22(43-25-13(31)2-1-12(7-29)40-25)24(18(10)36)45-27-21(39)23(16(9-34)42-27)44-26-17(33)20(38)19(37)15(8-30)41-26/h10,12-27,34,36-39H,1-9,28-33H2/t10-,12+,13-,14+,15+,16-,17-,18+,19-,20-,21-,22-,23-,24-,25-,26-,27+/m1/s1. The third-order valence-electron chi connectivity index (χ3n) is 9.14. The number of hydrogen-bond donors (Lipinski definition) is 11. The largest absolute Gasteiger partial charge is 0.394 e. The van der Waals surface area contributed by atoms with E-state index in [1.165, 1.54) is 0 Å². The minimum atomic E-state index is -1.57. The summed E-state index contributed by atoms with van der Waals surface area (Å²) in [6.07, 6.45) is -13.9. The number of ether oxygens (including phenoxy) is 6. The van der Waals surface area contributed by atoms with Gasteiger partial charge in [0.25, 0.3) is 0 Å². The molecule has 1 aliphatic carbocycles. The summed E-state index contributed by atoms with van der Waals surface area (Å²) in [5, 5.41) is 53.4. The molecule has 0 bridgehead atoms. The van der Waals surface area contributed by atoms with E-state index in [1.807, 2.05) is 0 Å². The minimum absolute atomic E-state index is 0.0141. The monoisotopic (exact) mass is 652 g/mol. The minimum Gasteiger partial charge on any atom is -0.394 e. The van der Waals surface area contributed by atoms with Gasteiger partial charge in [0.15, 0.2) is 18.9 Å². The van der Waals surface area contributed by atoms with E-state index in [0.717, 1.165) is 0 Å². The molecule has 18 heteroatoms. The van der Waals surface area contributed by atoms with Gasteiger partial charge in [0, 0.05) is 32.0 Å². The van der Waals surface area contributed by atoms with E-state index in [0.29, 0.717) is 12.8 Å². The summed E-state index contributed by atoms with van der Waals surface area (Å²) in [6.45, 7) is -0.371. The number of aliphatic hydroxyl groups is 5. The molecule has 4 fully saturated rings. The number of nitrogens with two attached hydrogens (primary N) is 6. The van der Waals surface area contributed by atoms with E-state index in [-0.39, 0.29) is 50.8 Å². The number of carbonyl (C=O) groups is 1. The molecule has 17 N–H and O–H groups in total. The molecule has 0 unspecified atom stereocenters. The summed E-state index contributed by atoms with van der Waals surface area (Å²) in [6, 6.07) is -2.50. The van der Waals surface area contributed by atoms with Crippen LogP contribution in [-0.4, -0.2) is 156 Å². The second kappa shape index (κ2) is 16.4. The van der Waals surface area contributed by atoms with Crippen LogP contribution in [-0.2, 0) is 33.2 Å². The fraction of sp³-hybridized carbons (Fsp3) is 0.963. The van der Waals surface area contributed by atoms with Crippen molar-refractivity contribution in [2.75, 3.05) is 26.2 Å². The SMILES string of the molecule is NCCC(=O)C[C@@H]1C[C@H](N)[C@@H](O[C@H]2O[C@H](CN)CC[C@H]2N)[C@H](O[C@@H]2O[C@H](CO)[C@@H](O[C@H]3O[C@@H](CN)[C@@H](O)[C@H](O)[C@H]3N)[C@H]2O)[C@H]1O. The predicted molar refractivity (Wildman–Crippen MR) is 154 cm³/mol. The Morgan fingerprint density at radius 1 is 0.711 bits per heavy atom. The highest BCUT2D eigenvalue weighted by Gasteiger charge is 2.54. The predicted octanol–water partition coefficient (Wildman–Crippen LogP) is -6.24. The Hall–Kier alpha value is -1.01. The van der Waals surface area contributed by atoms with Gasteiger partial charge in [0.2, 0.25) is 0 Å². The van der Waals surface area contributed by atoms with Crippen molar-refractivity contribution in [1.29, 1.82) is 0 Å². The Morgan fingerprint density at radius 2 is 1.38 bits per heavy atom. The topological polar surface area (TPSA) is 330 Å². The van der Waals surface area contributed by atoms with Gasteiger partial charge in [-0.2, -0.15) is 0 Å². The second-order valence-electron chi connectivity index (χ2n) is 12.4.